The molecule has 0 aliphatic carbocycles. The van der Waals surface area contributed by atoms with E-state index >= 15 is 0 Å². The third kappa shape index (κ3) is 5.00. The summed E-state index contributed by atoms with van der Waals surface area (Å²) in [5, 5.41) is 8.55. The van der Waals surface area contributed by atoms with Crippen LogP contribution in [0.2, 0.25) is 0 Å². The van der Waals surface area contributed by atoms with E-state index in [1.165, 1.54) is 6.20 Å². The summed E-state index contributed by atoms with van der Waals surface area (Å²) in [6.07, 6.45) is 3.79. The Balaban J connectivity index is 1.50. The van der Waals surface area contributed by atoms with Crippen molar-refractivity contribution in [2.75, 3.05) is 13.1 Å². The van der Waals surface area contributed by atoms with Gasteiger partial charge in [0.2, 0.25) is 0 Å². The standard InChI is InChI=1S/C21H26N4O3/c1-14-6-7-16-17(12-21(2,3)28-18(16)11-14)25-20(27)24-10-9-23-19(26)15-5-4-8-22-13-15/h4-8,11,13,17H,9-10,12H2,1-3H3,(H,23,26)(H2,24,25,27). The van der Waals surface area contributed by atoms with Gasteiger partial charge in [-0.25, -0.2) is 4.79 Å². The van der Waals surface area contributed by atoms with Crippen LogP contribution in [0.4, 0.5) is 4.79 Å². The Bertz CT molecular complexity index is 852. The van der Waals surface area contributed by atoms with Crippen LogP contribution < -0.4 is 20.7 Å². The zero-order valence-corrected chi connectivity index (χ0v) is 16.4. The highest BCUT2D eigenvalue weighted by Crippen LogP contribution is 2.39. The quantitative estimate of drug-likeness (QED) is 0.694. The average molecular weight is 382 g/mol. The van der Waals surface area contributed by atoms with E-state index in [9.17, 15) is 9.59 Å². The average Bonchev–Trinajstić information content (AvgIpc) is 2.64. The fourth-order valence-electron chi connectivity index (χ4n) is 3.25. The number of carbonyl (C=O) groups excluding carboxylic acids is 2. The molecule has 1 unspecified atom stereocenters. The van der Waals surface area contributed by atoms with Gasteiger partial charge in [-0.2, -0.15) is 0 Å². The normalized spacial score (nSPS) is 17.0. The largest absolute Gasteiger partial charge is 0.487 e. The first-order valence-corrected chi connectivity index (χ1v) is 9.36. The predicted octanol–water partition coefficient (Wildman–Crippen LogP) is 2.72. The number of rotatable bonds is 5. The molecule has 3 rings (SSSR count). The number of nitrogens with one attached hydrogen (secondary N) is 3. The smallest absolute Gasteiger partial charge is 0.315 e. The highest BCUT2D eigenvalue weighted by Gasteiger charge is 2.34. The van der Waals surface area contributed by atoms with Crippen molar-refractivity contribution in [1.82, 2.24) is 20.9 Å². The van der Waals surface area contributed by atoms with Gasteiger partial charge < -0.3 is 20.7 Å². The molecular formula is C21H26N4O3. The van der Waals surface area contributed by atoms with Crippen molar-refractivity contribution in [2.24, 2.45) is 0 Å². The van der Waals surface area contributed by atoms with Crippen LogP contribution in [0, 0.1) is 6.92 Å². The number of amides is 3. The Kier molecular flexibility index (Phi) is 5.82. The molecule has 1 aliphatic rings. The summed E-state index contributed by atoms with van der Waals surface area (Å²) in [5.74, 6) is 0.594. The maximum absolute atomic E-state index is 12.3. The van der Waals surface area contributed by atoms with Crippen LogP contribution in [0.5, 0.6) is 5.75 Å². The molecule has 1 aromatic carbocycles. The Morgan fingerprint density at radius 2 is 2.00 bits per heavy atom. The molecular weight excluding hydrogens is 356 g/mol. The van der Waals surface area contributed by atoms with E-state index < -0.39 is 0 Å². The van der Waals surface area contributed by atoms with Crippen molar-refractivity contribution in [3.05, 3.63) is 59.4 Å². The van der Waals surface area contributed by atoms with Crippen LogP contribution in [-0.4, -0.2) is 35.6 Å². The number of aromatic nitrogens is 1. The first-order valence-electron chi connectivity index (χ1n) is 9.36. The second-order valence-electron chi connectivity index (χ2n) is 7.56. The number of fused-ring (bicyclic) bond motifs is 1. The number of nitrogens with zero attached hydrogens (tertiary/aromatic N) is 1. The third-order valence-electron chi connectivity index (χ3n) is 4.55. The first kappa shape index (κ1) is 19.7. The van der Waals surface area contributed by atoms with E-state index in [1.807, 2.05) is 39.0 Å². The number of pyridine rings is 1. The van der Waals surface area contributed by atoms with Crippen LogP contribution in [0.1, 0.15) is 47.8 Å². The van der Waals surface area contributed by atoms with E-state index in [-0.39, 0.29) is 23.6 Å². The fourth-order valence-corrected chi connectivity index (χ4v) is 3.25. The number of aryl methyl sites for hydroxylation is 1. The molecule has 1 atom stereocenters. The van der Waals surface area contributed by atoms with E-state index in [4.69, 9.17) is 4.74 Å². The molecule has 1 aromatic heterocycles. The summed E-state index contributed by atoms with van der Waals surface area (Å²) >= 11 is 0. The molecule has 2 aromatic rings. The van der Waals surface area contributed by atoms with Gasteiger partial charge in [0.25, 0.3) is 5.91 Å². The number of ether oxygens (including phenoxy) is 1. The second kappa shape index (κ2) is 8.29. The van der Waals surface area contributed by atoms with Gasteiger partial charge in [0, 0.05) is 37.5 Å². The minimum Gasteiger partial charge on any atom is -0.487 e. The van der Waals surface area contributed by atoms with Gasteiger partial charge in [-0.15, -0.1) is 0 Å². The highest BCUT2D eigenvalue weighted by molar-refractivity contribution is 5.93. The summed E-state index contributed by atoms with van der Waals surface area (Å²) in [6, 6.07) is 9.00. The molecule has 0 bridgehead atoms. The molecule has 1 aliphatic heterocycles. The van der Waals surface area contributed by atoms with Crippen LogP contribution in [0.25, 0.3) is 0 Å². The topological polar surface area (TPSA) is 92.4 Å². The number of urea groups is 1. The van der Waals surface area contributed by atoms with E-state index in [1.54, 1.807) is 18.3 Å². The SMILES string of the molecule is Cc1ccc2c(c1)OC(C)(C)CC2NC(=O)NCCNC(=O)c1cccnc1. The van der Waals surface area contributed by atoms with Crippen molar-refractivity contribution in [1.29, 1.82) is 0 Å². The summed E-state index contributed by atoms with van der Waals surface area (Å²) in [4.78, 5) is 28.2. The molecule has 0 radical (unpaired) electrons. The maximum Gasteiger partial charge on any atom is 0.315 e. The van der Waals surface area contributed by atoms with Gasteiger partial charge in [0.05, 0.1) is 11.6 Å². The molecule has 0 saturated carbocycles. The van der Waals surface area contributed by atoms with Crippen molar-refractivity contribution in [3.8, 4) is 5.75 Å². The number of benzene rings is 1. The summed E-state index contributed by atoms with van der Waals surface area (Å²) in [5.41, 5.74) is 2.22. The monoisotopic (exact) mass is 382 g/mol. The summed E-state index contributed by atoms with van der Waals surface area (Å²) in [7, 11) is 0. The molecule has 0 fully saturated rings. The maximum atomic E-state index is 12.3. The molecule has 28 heavy (non-hydrogen) atoms. The van der Waals surface area contributed by atoms with Gasteiger partial charge in [-0.1, -0.05) is 12.1 Å². The molecule has 0 saturated heterocycles. The molecule has 3 amide bonds. The first-order chi connectivity index (χ1) is 13.3. The van der Waals surface area contributed by atoms with Crippen LogP contribution >= 0.6 is 0 Å². The lowest BCUT2D eigenvalue weighted by Gasteiger charge is -2.38. The van der Waals surface area contributed by atoms with Crippen LogP contribution in [0.15, 0.2) is 42.7 Å². The van der Waals surface area contributed by atoms with Gasteiger partial charge in [0.15, 0.2) is 0 Å². The Morgan fingerprint density at radius 1 is 1.21 bits per heavy atom. The third-order valence-corrected chi connectivity index (χ3v) is 4.55. The highest BCUT2D eigenvalue weighted by atomic mass is 16.5. The Morgan fingerprint density at radius 3 is 2.75 bits per heavy atom. The molecule has 3 N–H and O–H groups in total. The van der Waals surface area contributed by atoms with Crippen molar-refractivity contribution >= 4 is 11.9 Å². The lowest BCUT2D eigenvalue weighted by molar-refractivity contribution is 0.0678. The predicted molar refractivity (Wildman–Crippen MR) is 106 cm³/mol. The molecule has 7 heteroatoms. The van der Waals surface area contributed by atoms with E-state index in [0.29, 0.717) is 25.1 Å². The van der Waals surface area contributed by atoms with Crippen molar-refractivity contribution in [2.45, 2.75) is 38.8 Å². The van der Waals surface area contributed by atoms with Gasteiger partial charge in [-0.3, -0.25) is 9.78 Å². The minimum atomic E-state index is -0.365. The summed E-state index contributed by atoms with van der Waals surface area (Å²) < 4.78 is 6.05. The van der Waals surface area contributed by atoms with Crippen LogP contribution in [-0.2, 0) is 0 Å². The zero-order valence-electron chi connectivity index (χ0n) is 16.4. The van der Waals surface area contributed by atoms with Crippen molar-refractivity contribution in [3.63, 3.8) is 0 Å². The zero-order chi connectivity index (χ0) is 20.1. The number of hydrogen-bond donors (Lipinski definition) is 3. The summed E-state index contributed by atoms with van der Waals surface area (Å²) in [6.45, 7) is 6.69. The molecule has 148 valence electrons. The minimum absolute atomic E-state index is 0.135. The lowest BCUT2D eigenvalue weighted by Crippen LogP contribution is -2.46. The second-order valence-corrected chi connectivity index (χ2v) is 7.56. The molecule has 7 nitrogen and oxygen atoms in total. The van der Waals surface area contributed by atoms with E-state index in [0.717, 1.165) is 16.9 Å². The van der Waals surface area contributed by atoms with Crippen molar-refractivity contribution < 1.29 is 14.3 Å². The Labute approximate surface area is 164 Å². The molecule has 0 spiro atoms. The molecule has 2 heterocycles. The van der Waals surface area contributed by atoms with E-state index in [2.05, 4.69) is 20.9 Å². The van der Waals surface area contributed by atoms with Crippen LogP contribution in [0.3, 0.4) is 0 Å². The van der Waals surface area contributed by atoms with Gasteiger partial charge in [-0.05, 0) is 44.5 Å². The Hall–Kier alpha value is -3.09. The fraction of sp³-hybridized carbons (Fsp3) is 0.381. The number of hydrogen-bond acceptors (Lipinski definition) is 4. The number of carbonyl (C=O) groups is 2. The van der Waals surface area contributed by atoms with Gasteiger partial charge in [0.1, 0.15) is 11.4 Å². The van der Waals surface area contributed by atoms with Gasteiger partial charge >= 0.3 is 6.03 Å². The lowest BCUT2D eigenvalue weighted by atomic mass is 9.89.